The molecule has 1 atom stereocenters. The third kappa shape index (κ3) is 7.64. The molecule has 0 saturated heterocycles. The van der Waals surface area contributed by atoms with E-state index in [2.05, 4.69) is 16.6 Å². The summed E-state index contributed by atoms with van der Waals surface area (Å²) in [6.45, 7) is 3.62. The van der Waals surface area contributed by atoms with E-state index in [-0.39, 0.29) is 48.3 Å². The fourth-order valence-electron chi connectivity index (χ4n) is 4.71. The molecule has 0 bridgehead atoms. The van der Waals surface area contributed by atoms with E-state index in [4.69, 9.17) is 14.2 Å². The number of carbonyl (C=O) groups is 2. The summed E-state index contributed by atoms with van der Waals surface area (Å²) in [5.41, 5.74) is 2.80. The lowest BCUT2D eigenvalue weighted by molar-refractivity contribution is 0.0648. The zero-order chi connectivity index (χ0) is 31.7. The molecule has 1 aliphatic heterocycles. The summed E-state index contributed by atoms with van der Waals surface area (Å²) in [6.07, 6.45) is 2.86. The first-order valence-corrected chi connectivity index (χ1v) is 15.3. The second-order valence-electron chi connectivity index (χ2n) is 9.76. The Morgan fingerprint density at radius 3 is 2.45 bits per heavy atom. The van der Waals surface area contributed by atoms with Gasteiger partial charge in [0.1, 0.15) is 13.2 Å². The van der Waals surface area contributed by atoms with Crippen LogP contribution < -0.4 is 19.5 Å². The summed E-state index contributed by atoms with van der Waals surface area (Å²) in [6, 6.07) is 18.2. The van der Waals surface area contributed by atoms with Crippen LogP contribution in [0.1, 0.15) is 27.9 Å². The van der Waals surface area contributed by atoms with E-state index >= 15 is 0 Å². The Kier molecular flexibility index (Phi) is 10.8. The van der Waals surface area contributed by atoms with Gasteiger partial charge in [-0.3, -0.25) is 10.1 Å². The summed E-state index contributed by atoms with van der Waals surface area (Å²) >= 11 is 0. The van der Waals surface area contributed by atoms with Gasteiger partial charge in [-0.2, -0.15) is 0 Å². The number of hydrogen-bond acceptors (Lipinski definition) is 8. The van der Waals surface area contributed by atoms with Gasteiger partial charge < -0.3 is 24.2 Å². The predicted molar refractivity (Wildman–Crippen MR) is 166 cm³/mol. The van der Waals surface area contributed by atoms with Gasteiger partial charge in [-0.25, -0.2) is 17.9 Å². The molecule has 0 aromatic heterocycles. The number of aliphatic hydroxyl groups is 1. The molecule has 0 radical (unpaired) electrons. The number of anilines is 1. The van der Waals surface area contributed by atoms with Crippen molar-refractivity contribution in [2.24, 2.45) is 0 Å². The van der Waals surface area contributed by atoms with Crippen molar-refractivity contribution in [3.05, 3.63) is 102 Å². The van der Waals surface area contributed by atoms with Crippen LogP contribution in [-0.2, 0) is 21.4 Å². The van der Waals surface area contributed by atoms with E-state index in [0.717, 1.165) is 16.7 Å². The minimum atomic E-state index is -3.58. The Hall–Kier alpha value is -4.65. The summed E-state index contributed by atoms with van der Waals surface area (Å²) in [4.78, 5) is 28.1. The molecule has 0 saturated carbocycles. The lowest BCUT2D eigenvalue weighted by atomic mass is 9.95. The second-order valence-corrected chi connectivity index (χ2v) is 11.6. The summed E-state index contributed by atoms with van der Waals surface area (Å²) in [5, 5.41) is 12.9. The Balaban J connectivity index is 1.64. The van der Waals surface area contributed by atoms with Crippen molar-refractivity contribution in [1.82, 2.24) is 9.62 Å². The number of hydrogen-bond donors (Lipinski definition) is 3. The quantitative estimate of drug-likeness (QED) is 0.255. The number of carbonyl (C=O) groups excluding carboxylic acids is 2. The predicted octanol–water partition coefficient (Wildman–Crippen LogP) is 4.21. The molecule has 0 unspecified atom stereocenters. The average Bonchev–Trinajstić information content (AvgIpc) is 3.06. The van der Waals surface area contributed by atoms with Crippen molar-refractivity contribution >= 4 is 33.3 Å². The molecule has 2 amide bonds. The maximum absolute atomic E-state index is 14.0. The van der Waals surface area contributed by atoms with Crippen molar-refractivity contribution in [2.45, 2.75) is 24.0 Å². The van der Waals surface area contributed by atoms with Crippen LogP contribution in [0.2, 0.25) is 0 Å². The van der Waals surface area contributed by atoms with Crippen LogP contribution in [0.15, 0.2) is 90.4 Å². The molecule has 3 aromatic carbocycles. The molecular weight excluding hydrogens is 586 g/mol. The van der Waals surface area contributed by atoms with Gasteiger partial charge in [-0.1, -0.05) is 61.2 Å². The van der Waals surface area contributed by atoms with E-state index in [1.807, 2.05) is 30.3 Å². The van der Waals surface area contributed by atoms with Crippen molar-refractivity contribution in [3.8, 4) is 11.5 Å². The summed E-state index contributed by atoms with van der Waals surface area (Å²) < 4.78 is 43.1. The number of nitrogens with zero attached hydrogens (tertiary/aromatic N) is 1. The van der Waals surface area contributed by atoms with Crippen LogP contribution in [0.25, 0.3) is 5.57 Å². The minimum Gasteiger partial charge on any atom is -0.493 e. The number of nitrogens with one attached hydrogen (secondary N) is 2. The third-order valence-electron chi connectivity index (χ3n) is 7.01. The highest BCUT2D eigenvalue weighted by atomic mass is 32.2. The normalized spacial score (nSPS) is 14.8. The summed E-state index contributed by atoms with van der Waals surface area (Å²) in [5.74, 6) is 0.122. The highest BCUT2D eigenvalue weighted by Crippen LogP contribution is 2.36. The van der Waals surface area contributed by atoms with Crippen LogP contribution in [-0.4, -0.2) is 70.4 Å². The number of amides is 2. The smallest absolute Gasteiger partial charge is 0.411 e. The maximum Gasteiger partial charge on any atom is 0.411 e. The monoisotopic (exact) mass is 621 g/mol. The Morgan fingerprint density at radius 2 is 1.82 bits per heavy atom. The minimum absolute atomic E-state index is 0.0310. The SMILES string of the molecule is C=CCOC(=O)Nc1cc(OCc2ccccc2)c(OC)cc1C(=O)N1CCC(c2ccc(S(=O)(=O)NC)cc2)=C[C@H]1CO. The van der Waals surface area contributed by atoms with Crippen molar-refractivity contribution < 1.29 is 37.3 Å². The van der Waals surface area contributed by atoms with E-state index in [1.54, 1.807) is 18.2 Å². The number of sulfonamides is 1. The van der Waals surface area contributed by atoms with Gasteiger partial charge in [-0.15, -0.1) is 0 Å². The molecule has 44 heavy (non-hydrogen) atoms. The largest absolute Gasteiger partial charge is 0.493 e. The van der Waals surface area contributed by atoms with Crippen LogP contribution in [0, 0.1) is 0 Å². The van der Waals surface area contributed by atoms with Gasteiger partial charge in [0.15, 0.2) is 11.5 Å². The Labute approximate surface area is 256 Å². The molecule has 4 rings (SSSR count). The molecule has 232 valence electrons. The Bertz CT molecular complexity index is 1620. The van der Waals surface area contributed by atoms with Crippen LogP contribution in [0.3, 0.4) is 0 Å². The number of benzene rings is 3. The molecule has 0 fully saturated rings. The lowest BCUT2D eigenvalue weighted by Gasteiger charge is -2.34. The van der Waals surface area contributed by atoms with Gasteiger partial charge in [0.25, 0.3) is 5.91 Å². The zero-order valence-electron chi connectivity index (χ0n) is 24.5. The molecule has 12 heteroatoms. The second kappa shape index (κ2) is 14.7. The topological polar surface area (TPSA) is 144 Å². The van der Waals surface area contributed by atoms with E-state index in [1.165, 1.54) is 49.4 Å². The highest BCUT2D eigenvalue weighted by Gasteiger charge is 2.30. The zero-order valence-corrected chi connectivity index (χ0v) is 25.3. The number of aliphatic hydroxyl groups excluding tert-OH is 1. The fraction of sp³-hybridized carbons (Fsp3) is 0.250. The molecule has 3 N–H and O–H groups in total. The van der Waals surface area contributed by atoms with E-state index < -0.39 is 28.1 Å². The standard InChI is InChI=1S/C32H35N3O8S/c1-4-16-42-32(38)34-28-19-30(43-21-22-8-6-5-7-9-22)29(41-3)18-27(28)31(37)35-15-14-24(17-25(35)20-36)23-10-12-26(13-11-23)44(39,40)33-2/h4-13,17-19,25,33,36H,1,14-16,20-21H2,2-3H3,(H,34,38)/t25-/m0/s1. The van der Waals surface area contributed by atoms with Gasteiger partial charge in [0.05, 0.1) is 35.9 Å². The molecule has 1 aliphatic rings. The number of rotatable bonds is 12. The molecular formula is C32H35N3O8S. The number of ether oxygens (including phenoxy) is 3. The Morgan fingerprint density at radius 1 is 1.09 bits per heavy atom. The van der Waals surface area contributed by atoms with Gasteiger partial charge in [-0.05, 0) is 48.4 Å². The third-order valence-corrected chi connectivity index (χ3v) is 8.44. The molecule has 1 heterocycles. The van der Waals surface area contributed by atoms with E-state index in [0.29, 0.717) is 12.2 Å². The average molecular weight is 622 g/mol. The first kappa shape index (κ1) is 32.3. The first-order chi connectivity index (χ1) is 21.2. The van der Waals surface area contributed by atoms with Crippen LogP contribution in [0.4, 0.5) is 10.5 Å². The van der Waals surface area contributed by atoms with Crippen LogP contribution >= 0.6 is 0 Å². The van der Waals surface area contributed by atoms with Gasteiger partial charge in [0.2, 0.25) is 10.0 Å². The van der Waals surface area contributed by atoms with Gasteiger partial charge >= 0.3 is 6.09 Å². The molecule has 0 aliphatic carbocycles. The fourth-order valence-corrected chi connectivity index (χ4v) is 5.44. The van der Waals surface area contributed by atoms with Crippen LogP contribution in [0.5, 0.6) is 11.5 Å². The maximum atomic E-state index is 14.0. The number of methoxy groups -OCH3 is 1. The first-order valence-electron chi connectivity index (χ1n) is 13.8. The summed E-state index contributed by atoms with van der Waals surface area (Å²) in [7, 11) is -0.790. The molecule has 11 nitrogen and oxygen atoms in total. The highest BCUT2D eigenvalue weighted by molar-refractivity contribution is 7.89. The molecule has 3 aromatic rings. The van der Waals surface area contributed by atoms with Gasteiger partial charge in [0, 0.05) is 12.6 Å². The van der Waals surface area contributed by atoms with Crippen molar-refractivity contribution in [1.29, 1.82) is 0 Å². The molecule has 0 spiro atoms. The van der Waals surface area contributed by atoms with E-state index in [9.17, 15) is 23.1 Å². The van der Waals surface area contributed by atoms with Crippen molar-refractivity contribution in [2.75, 3.05) is 39.2 Å². The lowest BCUT2D eigenvalue weighted by Crippen LogP contribution is -2.44. The van der Waals surface area contributed by atoms with Crippen molar-refractivity contribution in [3.63, 3.8) is 0 Å².